The van der Waals surface area contributed by atoms with E-state index in [-0.39, 0.29) is 5.75 Å². The summed E-state index contributed by atoms with van der Waals surface area (Å²) in [7, 11) is 1.47. The molecule has 2 N–H and O–H groups in total. The Bertz CT molecular complexity index is 597. The van der Waals surface area contributed by atoms with Gasteiger partial charge in [0, 0.05) is 12.4 Å². The summed E-state index contributed by atoms with van der Waals surface area (Å²) in [6.45, 7) is 1.90. The molecule has 98 valence electrons. The number of hydrogen-bond donors (Lipinski definition) is 1. The molecule has 6 nitrogen and oxygen atoms in total. The SMILES string of the molecule is COc1c(OC(N)=O)cccc1-c1ncc(C)cn1. The van der Waals surface area contributed by atoms with Crippen LogP contribution in [0.5, 0.6) is 11.5 Å². The monoisotopic (exact) mass is 259 g/mol. The lowest BCUT2D eigenvalue weighted by Crippen LogP contribution is -2.16. The van der Waals surface area contributed by atoms with Gasteiger partial charge in [-0.15, -0.1) is 0 Å². The molecule has 1 amide bonds. The van der Waals surface area contributed by atoms with Gasteiger partial charge in [0.2, 0.25) is 0 Å². The minimum absolute atomic E-state index is 0.233. The smallest absolute Gasteiger partial charge is 0.410 e. The molecule has 2 aromatic rings. The second-order valence-electron chi connectivity index (χ2n) is 3.84. The molecule has 0 atom stereocenters. The number of para-hydroxylation sites is 1. The van der Waals surface area contributed by atoms with Crippen LogP contribution in [0.4, 0.5) is 4.79 Å². The highest BCUT2D eigenvalue weighted by Crippen LogP contribution is 2.36. The average molecular weight is 259 g/mol. The van der Waals surface area contributed by atoms with Crippen molar-refractivity contribution < 1.29 is 14.3 Å². The fourth-order valence-corrected chi connectivity index (χ4v) is 1.62. The van der Waals surface area contributed by atoms with Gasteiger partial charge in [-0.25, -0.2) is 14.8 Å². The van der Waals surface area contributed by atoms with E-state index in [0.29, 0.717) is 17.1 Å². The van der Waals surface area contributed by atoms with Crippen LogP contribution >= 0.6 is 0 Å². The maximum atomic E-state index is 10.8. The lowest BCUT2D eigenvalue weighted by molar-refractivity contribution is 0.208. The predicted octanol–water partition coefficient (Wildman–Crippen LogP) is 1.92. The Morgan fingerprint density at radius 3 is 2.53 bits per heavy atom. The van der Waals surface area contributed by atoms with Gasteiger partial charge >= 0.3 is 6.09 Å². The number of amides is 1. The first-order valence-corrected chi connectivity index (χ1v) is 5.55. The highest BCUT2D eigenvalue weighted by atomic mass is 16.6. The zero-order valence-electron chi connectivity index (χ0n) is 10.6. The van der Waals surface area contributed by atoms with Crippen LogP contribution in [0.2, 0.25) is 0 Å². The second-order valence-corrected chi connectivity index (χ2v) is 3.84. The van der Waals surface area contributed by atoms with Crippen molar-refractivity contribution in [1.82, 2.24) is 9.97 Å². The van der Waals surface area contributed by atoms with Crippen LogP contribution in [-0.2, 0) is 0 Å². The fraction of sp³-hybridized carbons (Fsp3) is 0.154. The summed E-state index contributed by atoms with van der Waals surface area (Å²) in [4.78, 5) is 19.3. The van der Waals surface area contributed by atoms with Crippen LogP contribution < -0.4 is 15.2 Å². The molecule has 0 aliphatic heterocycles. The normalized spacial score (nSPS) is 10.0. The Morgan fingerprint density at radius 2 is 1.95 bits per heavy atom. The van der Waals surface area contributed by atoms with E-state index in [0.717, 1.165) is 5.56 Å². The number of ether oxygens (including phenoxy) is 2. The van der Waals surface area contributed by atoms with E-state index < -0.39 is 6.09 Å². The summed E-state index contributed by atoms with van der Waals surface area (Å²) in [5.74, 6) is 1.08. The summed E-state index contributed by atoms with van der Waals surface area (Å²) in [5, 5.41) is 0. The highest BCUT2D eigenvalue weighted by Gasteiger charge is 2.15. The molecular weight excluding hydrogens is 246 g/mol. The van der Waals surface area contributed by atoms with Gasteiger partial charge < -0.3 is 15.2 Å². The Balaban J connectivity index is 2.50. The molecule has 1 aromatic heterocycles. The van der Waals surface area contributed by atoms with Crippen LogP contribution in [-0.4, -0.2) is 23.2 Å². The van der Waals surface area contributed by atoms with Gasteiger partial charge in [0.05, 0.1) is 12.7 Å². The molecule has 1 aromatic carbocycles. The van der Waals surface area contributed by atoms with Crippen LogP contribution in [0.25, 0.3) is 11.4 Å². The zero-order valence-corrected chi connectivity index (χ0v) is 10.6. The van der Waals surface area contributed by atoms with Crippen LogP contribution in [0.15, 0.2) is 30.6 Å². The average Bonchev–Trinajstić information content (AvgIpc) is 2.38. The number of aromatic nitrogens is 2. The minimum atomic E-state index is -0.903. The molecule has 0 bridgehead atoms. The molecular formula is C13H13N3O3. The van der Waals surface area contributed by atoms with Gasteiger partial charge in [0.15, 0.2) is 17.3 Å². The first-order chi connectivity index (χ1) is 9.11. The van der Waals surface area contributed by atoms with Gasteiger partial charge in [-0.2, -0.15) is 0 Å². The quantitative estimate of drug-likeness (QED) is 0.909. The first-order valence-electron chi connectivity index (χ1n) is 5.55. The van der Waals surface area contributed by atoms with E-state index in [4.69, 9.17) is 15.2 Å². The number of aryl methyl sites for hydroxylation is 1. The number of rotatable bonds is 3. The van der Waals surface area contributed by atoms with Gasteiger partial charge in [-0.1, -0.05) is 6.07 Å². The Hall–Kier alpha value is -2.63. The molecule has 0 saturated carbocycles. The lowest BCUT2D eigenvalue weighted by Gasteiger charge is -2.11. The number of carbonyl (C=O) groups is 1. The van der Waals surface area contributed by atoms with Crippen molar-refractivity contribution in [3.05, 3.63) is 36.2 Å². The standard InChI is InChI=1S/C13H13N3O3/c1-8-6-15-12(16-7-8)9-4-3-5-10(11(9)18-2)19-13(14)17/h3-7H,1-2H3,(H2,14,17). The van der Waals surface area contributed by atoms with E-state index in [2.05, 4.69) is 9.97 Å². The third-order valence-electron chi connectivity index (χ3n) is 2.42. The van der Waals surface area contributed by atoms with Crippen LogP contribution in [0, 0.1) is 6.92 Å². The first kappa shape index (κ1) is 12.8. The van der Waals surface area contributed by atoms with Crippen molar-refractivity contribution in [3.8, 4) is 22.9 Å². The third kappa shape index (κ3) is 2.79. The second kappa shape index (κ2) is 5.34. The molecule has 0 fully saturated rings. The van der Waals surface area contributed by atoms with E-state index in [9.17, 15) is 4.79 Å². The van der Waals surface area contributed by atoms with Crippen molar-refractivity contribution >= 4 is 6.09 Å². The maximum Gasteiger partial charge on any atom is 0.410 e. The summed E-state index contributed by atoms with van der Waals surface area (Å²) in [5.41, 5.74) is 6.59. The molecule has 19 heavy (non-hydrogen) atoms. The molecule has 2 rings (SSSR count). The Morgan fingerprint density at radius 1 is 1.26 bits per heavy atom. The maximum absolute atomic E-state index is 10.8. The molecule has 0 spiro atoms. The van der Waals surface area contributed by atoms with E-state index in [1.165, 1.54) is 7.11 Å². The molecule has 0 aliphatic carbocycles. The number of carbonyl (C=O) groups excluding carboxylic acids is 1. The van der Waals surface area contributed by atoms with Gasteiger partial charge in [-0.05, 0) is 24.6 Å². The highest BCUT2D eigenvalue weighted by molar-refractivity contribution is 5.74. The molecule has 6 heteroatoms. The third-order valence-corrected chi connectivity index (χ3v) is 2.42. The largest absolute Gasteiger partial charge is 0.492 e. The van der Waals surface area contributed by atoms with Crippen LogP contribution in [0.1, 0.15) is 5.56 Å². The molecule has 0 radical (unpaired) electrons. The molecule has 0 aliphatic rings. The summed E-state index contributed by atoms with van der Waals surface area (Å²) >= 11 is 0. The minimum Gasteiger partial charge on any atom is -0.492 e. The van der Waals surface area contributed by atoms with Crippen molar-refractivity contribution in [3.63, 3.8) is 0 Å². The topological polar surface area (TPSA) is 87.3 Å². The lowest BCUT2D eigenvalue weighted by atomic mass is 10.1. The van der Waals surface area contributed by atoms with Gasteiger partial charge in [0.25, 0.3) is 0 Å². The fourth-order valence-electron chi connectivity index (χ4n) is 1.62. The van der Waals surface area contributed by atoms with Gasteiger partial charge in [0.1, 0.15) is 0 Å². The summed E-state index contributed by atoms with van der Waals surface area (Å²) < 4.78 is 10.1. The van der Waals surface area contributed by atoms with Gasteiger partial charge in [-0.3, -0.25) is 0 Å². The number of methoxy groups -OCH3 is 1. The molecule has 0 saturated heterocycles. The number of nitrogens with two attached hydrogens (primary N) is 1. The van der Waals surface area contributed by atoms with E-state index in [1.807, 2.05) is 6.92 Å². The Labute approximate surface area is 110 Å². The number of primary amides is 1. The van der Waals surface area contributed by atoms with E-state index in [1.54, 1.807) is 30.6 Å². The van der Waals surface area contributed by atoms with Crippen molar-refractivity contribution in [2.24, 2.45) is 5.73 Å². The zero-order chi connectivity index (χ0) is 13.8. The molecule has 1 heterocycles. The molecule has 0 unspecified atom stereocenters. The number of nitrogens with zero attached hydrogens (tertiary/aromatic N) is 2. The number of hydrogen-bond acceptors (Lipinski definition) is 5. The predicted molar refractivity (Wildman–Crippen MR) is 69.0 cm³/mol. The Kier molecular flexibility index (Phi) is 3.61. The number of benzene rings is 1. The van der Waals surface area contributed by atoms with E-state index >= 15 is 0 Å². The van der Waals surface area contributed by atoms with Crippen molar-refractivity contribution in [2.75, 3.05) is 7.11 Å². The van der Waals surface area contributed by atoms with Crippen molar-refractivity contribution in [1.29, 1.82) is 0 Å². The summed E-state index contributed by atoms with van der Waals surface area (Å²) in [6.07, 6.45) is 2.49. The van der Waals surface area contributed by atoms with Crippen LogP contribution in [0.3, 0.4) is 0 Å². The summed E-state index contributed by atoms with van der Waals surface area (Å²) in [6, 6.07) is 5.07. The van der Waals surface area contributed by atoms with Crippen molar-refractivity contribution in [2.45, 2.75) is 6.92 Å².